The van der Waals surface area contributed by atoms with Gasteiger partial charge < -0.3 is 14.2 Å². The third-order valence-corrected chi connectivity index (χ3v) is 5.86. The van der Waals surface area contributed by atoms with E-state index in [0.29, 0.717) is 38.4 Å². The quantitative estimate of drug-likeness (QED) is 0.218. The van der Waals surface area contributed by atoms with Crippen LogP contribution in [0.5, 0.6) is 17.2 Å². The van der Waals surface area contributed by atoms with Crippen LogP contribution in [-0.2, 0) is 6.61 Å². The highest BCUT2D eigenvalue weighted by Gasteiger charge is 2.14. The number of amides is 1. The number of halogens is 2. The number of nitrogens with zero attached hydrogens (tertiary/aromatic N) is 1. The van der Waals surface area contributed by atoms with Crippen LogP contribution in [0, 0.1) is 5.82 Å². The van der Waals surface area contributed by atoms with Gasteiger partial charge in [0.1, 0.15) is 18.2 Å². The molecular weight excluding hydrogens is 515 g/mol. The predicted molar refractivity (Wildman–Crippen MR) is 137 cm³/mol. The second-order valence-electron chi connectivity index (χ2n) is 7.51. The number of ether oxygens (including phenoxy) is 3. The van der Waals surface area contributed by atoms with Crippen LogP contribution in [-0.4, -0.2) is 26.3 Å². The Balaban J connectivity index is 1.49. The van der Waals surface area contributed by atoms with Crippen molar-refractivity contribution in [2.24, 2.45) is 5.10 Å². The van der Waals surface area contributed by atoms with Crippen LogP contribution in [0.1, 0.15) is 21.5 Å². The van der Waals surface area contributed by atoms with E-state index in [2.05, 4.69) is 26.5 Å². The second-order valence-corrected chi connectivity index (χ2v) is 8.37. The van der Waals surface area contributed by atoms with Gasteiger partial charge in [0.2, 0.25) is 0 Å². The van der Waals surface area contributed by atoms with E-state index in [9.17, 15) is 9.18 Å². The number of carbonyl (C=O) groups excluding carboxylic acids is 1. The molecule has 0 spiro atoms. The summed E-state index contributed by atoms with van der Waals surface area (Å²) in [6.45, 7) is 0.0404. The van der Waals surface area contributed by atoms with Gasteiger partial charge in [-0.2, -0.15) is 5.10 Å². The molecule has 4 aromatic carbocycles. The predicted octanol–water partition coefficient (Wildman–Crippen LogP) is 6.10. The Morgan fingerprint density at radius 2 is 1.66 bits per heavy atom. The van der Waals surface area contributed by atoms with Crippen molar-refractivity contribution in [2.75, 3.05) is 14.2 Å². The number of hydrogen-bond acceptors (Lipinski definition) is 5. The smallest absolute Gasteiger partial charge is 0.275 e. The number of fused-ring (bicyclic) bond motifs is 1. The van der Waals surface area contributed by atoms with Crippen molar-refractivity contribution in [1.82, 2.24) is 5.43 Å². The average molecular weight is 537 g/mol. The summed E-state index contributed by atoms with van der Waals surface area (Å²) in [6, 6.07) is 21.2. The van der Waals surface area contributed by atoms with Gasteiger partial charge in [-0.25, -0.2) is 9.82 Å². The van der Waals surface area contributed by atoms with Gasteiger partial charge in [0.05, 0.1) is 30.5 Å². The summed E-state index contributed by atoms with van der Waals surface area (Å²) in [4.78, 5) is 12.8. The molecule has 0 fully saturated rings. The Kier molecular flexibility index (Phi) is 7.62. The minimum Gasteiger partial charge on any atom is -0.496 e. The van der Waals surface area contributed by atoms with E-state index in [1.54, 1.807) is 36.4 Å². The molecule has 0 heterocycles. The number of rotatable bonds is 8. The molecule has 0 aliphatic carbocycles. The van der Waals surface area contributed by atoms with Crippen LogP contribution >= 0.6 is 15.9 Å². The Hall–Kier alpha value is -3.91. The first-order valence-electron chi connectivity index (χ1n) is 10.6. The lowest BCUT2D eigenvalue weighted by molar-refractivity contribution is 0.0952. The topological polar surface area (TPSA) is 69.2 Å². The summed E-state index contributed by atoms with van der Waals surface area (Å²) >= 11 is 3.47. The van der Waals surface area contributed by atoms with E-state index in [0.717, 1.165) is 10.8 Å². The van der Waals surface area contributed by atoms with Crippen molar-refractivity contribution < 1.29 is 23.4 Å². The number of benzene rings is 4. The molecule has 0 bridgehead atoms. The largest absolute Gasteiger partial charge is 0.496 e. The molecule has 0 atom stereocenters. The van der Waals surface area contributed by atoms with E-state index in [1.165, 1.54) is 26.5 Å². The Bertz CT molecular complexity index is 1410. The van der Waals surface area contributed by atoms with Crippen molar-refractivity contribution in [2.45, 2.75) is 6.61 Å². The molecule has 0 aliphatic heterocycles. The minimum atomic E-state index is -0.403. The second kappa shape index (κ2) is 11.0. The zero-order chi connectivity index (χ0) is 24.8. The molecule has 0 aliphatic rings. The van der Waals surface area contributed by atoms with Crippen molar-refractivity contribution in [1.29, 1.82) is 0 Å². The summed E-state index contributed by atoms with van der Waals surface area (Å²) in [5.41, 5.74) is 3.99. The maximum Gasteiger partial charge on any atom is 0.275 e. The molecule has 0 radical (unpaired) electrons. The van der Waals surface area contributed by atoms with E-state index in [1.807, 2.05) is 30.3 Å². The van der Waals surface area contributed by atoms with Crippen LogP contribution in [0.15, 0.2) is 82.4 Å². The molecule has 1 amide bonds. The molecule has 0 unspecified atom stereocenters. The van der Waals surface area contributed by atoms with Crippen molar-refractivity contribution >= 4 is 38.8 Å². The van der Waals surface area contributed by atoms with Gasteiger partial charge >= 0.3 is 0 Å². The van der Waals surface area contributed by atoms with E-state index in [4.69, 9.17) is 14.2 Å². The van der Waals surface area contributed by atoms with Gasteiger partial charge in [-0.05, 0) is 62.6 Å². The average Bonchev–Trinajstić information content (AvgIpc) is 2.87. The molecule has 4 aromatic rings. The summed E-state index contributed by atoms with van der Waals surface area (Å²) < 4.78 is 31.1. The first-order valence-corrected chi connectivity index (χ1v) is 11.4. The van der Waals surface area contributed by atoms with Gasteiger partial charge in [0.25, 0.3) is 5.91 Å². The fraction of sp³-hybridized carbons (Fsp3) is 0.111. The molecule has 0 aromatic heterocycles. The SMILES string of the molecule is COc1cc2ccccc2cc1C(=O)N/N=C\c1cc(Br)c(OCc2ccccc2F)c(OC)c1. The highest BCUT2D eigenvalue weighted by Crippen LogP contribution is 2.37. The minimum absolute atomic E-state index is 0.0404. The van der Waals surface area contributed by atoms with E-state index < -0.39 is 5.91 Å². The fourth-order valence-corrected chi connectivity index (χ4v) is 4.09. The monoisotopic (exact) mass is 536 g/mol. The van der Waals surface area contributed by atoms with Crippen molar-refractivity contribution in [3.05, 3.63) is 99.8 Å². The maximum atomic E-state index is 13.9. The van der Waals surface area contributed by atoms with Gasteiger partial charge in [-0.15, -0.1) is 0 Å². The molecule has 1 N–H and O–H groups in total. The first-order chi connectivity index (χ1) is 17.0. The van der Waals surface area contributed by atoms with Gasteiger partial charge in [-0.3, -0.25) is 4.79 Å². The third-order valence-electron chi connectivity index (χ3n) is 5.27. The molecule has 4 rings (SSSR count). The zero-order valence-electron chi connectivity index (χ0n) is 19.0. The highest BCUT2D eigenvalue weighted by molar-refractivity contribution is 9.10. The maximum absolute atomic E-state index is 13.9. The van der Waals surface area contributed by atoms with Crippen LogP contribution in [0.3, 0.4) is 0 Å². The van der Waals surface area contributed by atoms with Crippen LogP contribution in [0.25, 0.3) is 10.8 Å². The van der Waals surface area contributed by atoms with Crippen molar-refractivity contribution in [3.8, 4) is 17.2 Å². The number of hydrazone groups is 1. The van der Waals surface area contributed by atoms with Crippen molar-refractivity contribution in [3.63, 3.8) is 0 Å². The highest BCUT2D eigenvalue weighted by atomic mass is 79.9. The van der Waals surface area contributed by atoms with Crippen LogP contribution < -0.4 is 19.6 Å². The summed E-state index contributed by atoms with van der Waals surface area (Å²) in [7, 11) is 3.02. The first kappa shape index (κ1) is 24.2. The summed E-state index contributed by atoms with van der Waals surface area (Å²) in [5.74, 6) is 0.569. The van der Waals surface area contributed by atoms with Crippen LogP contribution in [0.4, 0.5) is 4.39 Å². The lowest BCUT2D eigenvalue weighted by Gasteiger charge is -2.14. The number of carbonyl (C=O) groups is 1. The zero-order valence-corrected chi connectivity index (χ0v) is 20.6. The van der Waals surface area contributed by atoms with Gasteiger partial charge in [-0.1, -0.05) is 42.5 Å². The number of nitrogens with one attached hydrogen (secondary N) is 1. The Morgan fingerprint density at radius 3 is 2.37 bits per heavy atom. The summed E-state index contributed by atoms with van der Waals surface area (Å²) in [5, 5.41) is 5.97. The molecule has 35 heavy (non-hydrogen) atoms. The van der Waals surface area contributed by atoms with Gasteiger partial charge in [0.15, 0.2) is 11.5 Å². The molecular formula is C27H22BrFN2O4. The number of hydrogen-bond donors (Lipinski definition) is 1. The molecule has 0 saturated heterocycles. The fourth-order valence-electron chi connectivity index (χ4n) is 3.51. The summed E-state index contributed by atoms with van der Waals surface area (Å²) in [6.07, 6.45) is 1.49. The molecule has 6 nitrogen and oxygen atoms in total. The van der Waals surface area contributed by atoms with E-state index in [-0.39, 0.29) is 12.4 Å². The molecule has 8 heteroatoms. The molecule has 178 valence electrons. The third kappa shape index (κ3) is 5.60. The normalized spacial score (nSPS) is 11.0. The lowest BCUT2D eigenvalue weighted by Crippen LogP contribution is -2.18. The number of methoxy groups -OCH3 is 2. The standard InChI is InChI=1S/C27H22BrFN2O4/c1-33-24-14-19-8-4-3-7-18(19)13-21(24)27(32)31-30-15-17-11-22(28)26(25(12-17)34-2)35-16-20-9-5-6-10-23(20)29/h3-15H,16H2,1-2H3,(H,31,32)/b30-15-. The van der Waals surface area contributed by atoms with Gasteiger partial charge in [0, 0.05) is 5.56 Å². The van der Waals surface area contributed by atoms with E-state index >= 15 is 0 Å². The molecule has 0 saturated carbocycles. The van der Waals surface area contributed by atoms with Crippen LogP contribution in [0.2, 0.25) is 0 Å². The Morgan fingerprint density at radius 1 is 0.971 bits per heavy atom. The Labute approximate surface area is 210 Å². The lowest BCUT2D eigenvalue weighted by atomic mass is 10.1.